The van der Waals surface area contributed by atoms with Crippen molar-refractivity contribution < 1.29 is 18.7 Å². The van der Waals surface area contributed by atoms with Gasteiger partial charge in [0.15, 0.2) is 11.5 Å². The number of hydrogen-bond acceptors (Lipinski definition) is 6. The molecule has 2 heterocycles. The summed E-state index contributed by atoms with van der Waals surface area (Å²) >= 11 is 0. The second kappa shape index (κ2) is 8.39. The Bertz CT molecular complexity index is 1510. The van der Waals surface area contributed by atoms with Crippen LogP contribution in [0.4, 0.5) is 5.69 Å². The number of aromatic nitrogens is 1. The number of ketones is 1. The molecule has 0 saturated carbocycles. The minimum absolute atomic E-state index is 0.0184. The maximum absolute atomic E-state index is 12.8. The topological polar surface area (TPSA) is 99.4 Å². The fraction of sp³-hybridized carbons (Fsp3) is 0. The summed E-state index contributed by atoms with van der Waals surface area (Å²) in [7, 11) is 0. The standard InChI is InChI=1S/C26H16N2O5/c29-24(13-10-21-11-14-25(32-21)19-7-4-8-20(15-19)28(30)31)18-9-12-23-22(16-18)26(33-27-23)17-5-2-1-3-6-17/h1-16H. The van der Waals surface area contributed by atoms with Crippen molar-refractivity contribution in [1.82, 2.24) is 5.16 Å². The second-order valence-corrected chi connectivity index (χ2v) is 7.32. The number of benzene rings is 3. The summed E-state index contributed by atoms with van der Waals surface area (Å²) < 4.78 is 11.2. The first kappa shape index (κ1) is 20.1. The minimum atomic E-state index is -0.457. The molecule has 7 nitrogen and oxygen atoms in total. The van der Waals surface area contributed by atoms with Crippen molar-refractivity contribution in [3.63, 3.8) is 0 Å². The first-order valence-corrected chi connectivity index (χ1v) is 10.1. The highest BCUT2D eigenvalue weighted by molar-refractivity contribution is 6.09. The molecular formula is C26H16N2O5. The Morgan fingerprint density at radius 2 is 1.73 bits per heavy atom. The van der Waals surface area contributed by atoms with Crippen LogP contribution >= 0.6 is 0 Å². The Balaban J connectivity index is 1.38. The number of non-ortho nitro benzene ring substituents is 1. The summed E-state index contributed by atoms with van der Waals surface area (Å²) in [4.78, 5) is 23.3. The van der Waals surface area contributed by atoms with Crippen molar-refractivity contribution in [3.8, 4) is 22.6 Å². The maximum atomic E-state index is 12.8. The normalized spacial score (nSPS) is 11.3. The molecule has 0 aliphatic heterocycles. The minimum Gasteiger partial charge on any atom is -0.457 e. The van der Waals surface area contributed by atoms with Crippen molar-refractivity contribution >= 4 is 28.4 Å². The van der Waals surface area contributed by atoms with E-state index in [4.69, 9.17) is 8.94 Å². The second-order valence-electron chi connectivity index (χ2n) is 7.32. The van der Waals surface area contributed by atoms with Gasteiger partial charge in [-0.25, -0.2) is 0 Å². The SMILES string of the molecule is O=C(C=Cc1ccc(-c2cccc([N+](=O)[O-])c2)o1)c1ccc2noc(-c3ccccc3)c2c1. The van der Waals surface area contributed by atoms with Crippen LogP contribution in [0.5, 0.6) is 0 Å². The summed E-state index contributed by atoms with van der Waals surface area (Å²) in [6.07, 6.45) is 2.99. The summed E-state index contributed by atoms with van der Waals surface area (Å²) in [6.45, 7) is 0. The zero-order valence-corrected chi connectivity index (χ0v) is 17.2. The molecule has 160 valence electrons. The van der Waals surface area contributed by atoms with E-state index >= 15 is 0 Å². The third kappa shape index (κ3) is 4.07. The van der Waals surface area contributed by atoms with Crippen molar-refractivity contribution in [2.45, 2.75) is 0 Å². The highest BCUT2D eigenvalue weighted by atomic mass is 16.6. The van der Waals surface area contributed by atoms with Crippen LogP contribution in [0.2, 0.25) is 0 Å². The lowest BCUT2D eigenvalue weighted by molar-refractivity contribution is -0.384. The van der Waals surface area contributed by atoms with Gasteiger partial charge in [-0.05, 0) is 42.5 Å². The molecule has 0 amide bonds. The van der Waals surface area contributed by atoms with Gasteiger partial charge in [-0.1, -0.05) is 47.6 Å². The summed E-state index contributed by atoms with van der Waals surface area (Å²) in [5, 5.41) is 15.8. The predicted molar refractivity (Wildman–Crippen MR) is 124 cm³/mol. The van der Waals surface area contributed by atoms with Gasteiger partial charge in [0, 0.05) is 28.8 Å². The lowest BCUT2D eigenvalue weighted by Gasteiger charge is -1.99. The molecule has 2 aromatic heterocycles. The molecule has 3 aromatic carbocycles. The van der Waals surface area contributed by atoms with Crippen LogP contribution in [0.1, 0.15) is 16.1 Å². The van der Waals surface area contributed by atoms with Gasteiger partial charge in [0.05, 0.1) is 10.3 Å². The summed E-state index contributed by atoms with van der Waals surface area (Å²) in [5.74, 6) is 1.34. The van der Waals surface area contributed by atoms with Crippen LogP contribution in [0.15, 0.2) is 99.9 Å². The largest absolute Gasteiger partial charge is 0.457 e. The van der Waals surface area contributed by atoms with E-state index in [1.807, 2.05) is 30.3 Å². The summed E-state index contributed by atoms with van der Waals surface area (Å²) in [6, 6.07) is 24.4. The molecule has 0 N–H and O–H groups in total. The van der Waals surface area contributed by atoms with Gasteiger partial charge in [-0.15, -0.1) is 0 Å². The molecule has 7 heteroatoms. The molecule has 5 aromatic rings. The predicted octanol–water partition coefficient (Wildman–Crippen LogP) is 6.56. The molecule has 0 aliphatic carbocycles. The Morgan fingerprint density at radius 3 is 2.55 bits per heavy atom. The van der Waals surface area contributed by atoms with Gasteiger partial charge in [0.1, 0.15) is 17.0 Å². The quantitative estimate of drug-likeness (QED) is 0.129. The highest BCUT2D eigenvalue weighted by Gasteiger charge is 2.13. The van der Waals surface area contributed by atoms with Crippen LogP contribution in [-0.2, 0) is 0 Å². The van der Waals surface area contributed by atoms with Crippen LogP contribution in [0, 0.1) is 10.1 Å². The Labute approximate surface area is 187 Å². The number of fused-ring (bicyclic) bond motifs is 1. The lowest BCUT2D eigenvalue weighted by Crippen LogP contribution is -1.93. The average Bonchev–Trinajstić information content (AvgIpc) is 3.50. The lowest BCUT2D eigenvalue weighted by atomic mass is 10.0. The molecule has 0 atom stereocenters. The molecule has 0 aliphatic rings. The molecule has 0 bridgehead atoms. The van der Waals surface area contributed by atoms with Crippen molar-refractivity contribution in [2.75, 3.05) is 0 Å². The Kier molecular flexibility index (Phi) is 5.12. The highest BCUT2D eigenvalue weighted by Crippen LogP contribution is 2.30. The number of carbonyl (C=O) groups excluding carboxylic acids is 1. The van der Waals surface area contributed by atoms with E-state index in [0.29, 0.717) is 33.9 Å². The smallest absolute Gasteiger partial charge is 0.270 e. The molecule has 0 saturated heterocycles. The van der Waals surface area contributed by atoms with Gasteiger partial charge >= 0.3 is 0 Å². The first-order valence-electron chi connectivity index (χ1n) is 10.1. The number of nitro benzene ring substituents is 1. The van der Waals surface area contributed by atoms with Crippen LogP contribution < -0.4 is 0 Å². The number of furan rings is 1. The molecule has 0 unspecified atom stereocenters. The zero-order chi connectivity index (χ0) is 22.8. The van der Waals surface area contributed by atoms with Crippen molar-refractivity contribution in [1.29, 1.82) is 0 Å². The van der Waals surface area contributed by atoms with E-state index in [1.165, 1.54) is 18.2 Å². The molecule has 0 fully saturated rings. The molecule has 0 radical (unpaired) electrons. The number of hydrogen-bond donors (Lipinski definition) is 0. The first-order chi connectivity index (χ1) is 16.1. The number of nitrogens with zero attached hydrogens (tertiary/aromatic N) is 2. The number of nitro groups is 1. The van der Waals surface area contributed by atoms with E-state index in [9.17, 15) is 14.9 Å². The monoisotopic (exact) mass is 436 g/mol. The zero-order valence-electron chi connectivity index (χ0n) is 17.2. The van der Waals surface area contributed by atoms with Gasteiger partial charge in [0.25, 0.3) is 5.69 Å². The number of carbonyl (C=O) groups is 1. The van der Waals surface area contributed by atoms with E-state index in [0.717, 1.165) is 10.9 Å². The molecule has 5 rings (SSSR count). The van der Waals surface area contributed by atoms with E-state index in [2.05, 4.69) is 5.16 Å². The average molecular weight is 436 g/mol. The summed E-state index contributed by atoms with van der Waals surface area (Å²) in [5.41, 5.74) is 2.60. The van der Waals surface area contributed by atoms with E-state index in [1.54, 1.807) is 48.5 Å². The van der Waals surface area contributed by atoms with Gasteiger partial charge in [-0.3, -0.25) is 14.9 Å². The molecule has 0 spiro atoms. The van der Waals surface area contributed by atoms with E-state index in [-0.39, 0.29) is 11.5 Å². The fourth-order valence-corrected chi connectivity index (χ4v) is 3.52. The van der Waals surface area contributed by atoms with Gasteiger partial charge in [-0.2, -0.15) is 0 Å². The van der Waals surface area contributed by atoms with E-state index < -0.39 is 4.92 Å². The Hall–Kier alpha value is -4.78. The van der Waals surface area contributed by atoms with Gasteiger partial charge < -0.3 is 8.94 Å². The number of rotatable bonds is 6. The van der Waals surface area contributed by atoms with Crippen LogP contribution in [-0.4, -0.2) is 15.9 Å². The third-order valence-electron chi connectivity index (χ3n) is 5.16. The fourth-order valence-electron chi connectivity index (χ4n) is 3.52. The maximum Gasteiger partial charge on any atom is 0.270 e. The number of allylic oxidation sites excluding steroid dienone is 1. The van der Waals surface area contributed by atoms with Crippen molar-refractivity contribution in [3.05, 3.63) is 112 Å². The van der Waals surface area contributed by atoms with Crippen molar-refractivity contribution in [2.24, 2.45) is 0 Å². The molecular weight excluding hydrogens is 420 g/mol. The third-order valence-corrected chi connectivity index (χ3v) is 5.16. The Morgan fingerprint density at radius 1 is 0.909 bits per heavy atom. The molecule has 33 heavy (non-hydrogen) atoms. The van der Waals surface area contributed by atoms with Crippen LogP contribution in [0.25, 0.3) is 39.6 Å². The van der Waals surface area contributed by atoms with Crippen LogP contribution in [0.3, 0.4) is 0 Å². The van der Waals surface area contributed by atoms with Gasteiger partial charge in [0.2, 0.25) is 0 Å².